The molecule has 1 aliphatic rings. The third kappa shape index (κ3) is 4.70. The number of imide groups is 1. The summed E-state index contributed by atoms with van der Waals surface area (Å²) in [6.07, 6.45) is 1.30. The van der Waals surface area contributed by atoms with Crippen LogP contribution in [0.15, 0.2) is 29.4 Å². The zero-order valence-corrected chi connectivity index (χ0v) is 13.5. The molecule has 8 nitrogen and oxygen atoms in total. The fraction of sp³-hybridized carbons (Fsp3) is 0.308. The van der Waals surface area contributed by atoms with Gasteiger partial charge in [-0.05, 0) is 22.9 Å². The number of hydrogen-bond acceptors (Lipinski definition) is 8. The van der Waals surface area contributed by atoms with E-state index in [2.05, 4.69) is 4.98 Å². The molecule has 0 aliphatic carbocycles. The van der Waals surface area contributed by atoms with E-state index >= 15 is 0 Å². The van der Waals surface area contributed by atoms with Crippen LogP contribution in [0.3, 0.4) is 0 Å². The number of carbonyl (C=O) groups excluding carboxylic acids is 4. The van der Waals surface area contributed by atoms with Gasteiger partial charge in [0.2, 0.25) is 5.91 Å². The predicted octanol–water partition coefficient (Wildman–Crippen LogP) is 0.531. The van der Waals surface area contributed by atoms with Crippen molar-refractivity contribution < 1.29 is 24.0 Å². The Morgan fingerprint density at radius 3 is 2.78 bits per heavy atom. The predicted molar refractivity (Wildman–Crippen MR) is 82.4 cm³/mol. The summed E-state index contributed by atoms with van der Waals surface area (Å²) < 4.78 is 0. The third-order valence-corrected chi connectivity index (χ3v) is 5.08. The van der Waals surface area contributed by atoms with Crippen molar-refractivity contribution in [3.8, 4) is 0 Å². The highest BCUT2D eigenvalue weighted by Gasteiger charge is 2.44. The van der Waals surface area contributed by atoms with Crippen LogP contribution in [0.2, 0.25) is 0 Å². The van der Waals surface area contributed by atoms with E-state index in [1.54, 1.807) is 12.3 Å². The summed E-state index contributed by atoms with van der Waals surface area (Å²) in [6, 6.07) is 5.49. The number of aromatic nitrogens is 1. The van der Waals surface area contributed by atoms with Crippen molar-refractivity contribution in [1.29, 1.82) is 0 Å². The Morgan fingerprint density at radius 1 is 1.39 bits per heavy atom. The van der Waals surface area contributed by atoms with Crippen molar-refractivity contribution in [2.75, 3.05) is 5.75 Å². The fourth-order valence-electron chi connectivity index (χ4n) is 1.70. The number of pyridine rings is 1. The van der Waals surface area contributed by atoms with Crippen molar-refractivity contribution in [3.05, 3.63) is 24.4 Å². The Kier molecular flexibility index (Phi) is 5.99. The molecule has 0 radical (unpaired) electrons. The largest absolute Gasteiger partial charge is 0.369 e. The van der Waals surface area contributed by atoms with Crippen molar-refractivity contribution in [2.24, 2.45) is 11.7 Å². The minimum absolute atomic E-state index is 0.00278. The van der Waals surface area contributed by atoms with Crippen LogP contribution in [0.4, 0.5) is 0 Å². The lowest BCUT2D eigenvalue weighted by atomic mass is 10.1. The van der Waals surface area contributed by atoms with Crippen LogP contribution < -0.4 is 5.73 Å². The minimum atomic E-state index is -1.26. The number of amides is 3. The van der Waals surface area contributed by atoms with E-state index in [4.69, 9.17) is 10.6 Å². The first kappa shape index (κ1) is 17.3. The van der Waals surface area contributed by atoms with Gasteiger partial charge in [-0.25, -0.2) is 9.78 Å². The Morgan fingerprint density at radius 2 is 2.17 bits per heavy atom. The number of hydroxylamine groups is 2. The summed E-state index contributed by atoms with van der Waals surface area (Å²) in [5.41, 5.74) is 5.01. The second-order valence-corrected chi connectivity index (χ2v) is 6.91. The molecule has 1 saturated heterocycles. The van der Waals surface area contributed by atoms with E-state index in [1.807, 2.05) is 12.1 Å². The molecular formula is C13H13N3O5S2. The molecule has 1 fully saturated rings. The molecule has 2 heterocycles. The molecule has 23 heavy (non-hydrogen) atoms. The van der Waals surface area contributed by atoms with E-state index in [9.17, 15) is 19.2 Å². The van der Waals surface area contributed by atoms with E-state index in [0.29, 0.717) is 10.8 Å². The van der Waals surface area contributed by atoms with Crippen molar-refractivity contribution >= 4 is 45.3 Å². The van der Waals surface area contributed by atoms with Crippen molar-refractivity contribution in [3.63, 3.8) is 0 Å². The van der Waals surface area contributed by atoms with Gasteiger partial charge in [-0.2, -0.15) is 0 Å². The maximum atomic E-state index is 11.7. The van der Waals surface area contributed by atoms with Gasteiger partial charge in [0.15, 0.2) is 0 Å². The molecule has 1 aromatic heterocycles. The molecular weight excluding hydrogens is 342 g/mol. The minimum Gasteiger partial charge on any atom is -0.369 e. The number of carbonyl (C=O) groups is 4. The fourth-order valence-corrected chi connectivity index (χ4v) is 3.55. The monoisotopic (exact) mass is 355 g/mol. The maximum absolute atomic E-state index is 11.7. The summed E-state index contributed by atoms with van der Waals surface area (Å²) in [5, 5.41) is 1.13. The van der Waals surface area contributed by atoms with Gasteiger partial charge in [0.05, 0.1) is 12.8 Å². The number of hydrogen-bond donors (Lipinski definition) is 1. The topological polar surface area (TPSA) is 120 Å². The normalized spacial score (nSPS) is 17.4. The van der Waals surface area contributed by atoms with Gasteiger partial charge < -0.3 is 10.6 Å². The summed E-state index contributed by atoms with van der Waals surface area (Å²) in [4.78, 5) is 54.8. The molecule has 1 aliphatic heterocycles. The number of primary amides is 1. The Balaban J connectivity index is 1.73. The lowest BCUT2D eigenvalue weighted by molar-refractivity contribution is -0.197. The first-order valence-electron chi connectivity index (χ1n) is 6.56. The molecule has 0 aromatic carbocycles. The summed E-state index contributed by atoms with van der Waals surface area (Å²) in [5.74, 6) is -4.14. The molecule has 0 spiro atoms. The van der Waals surface area contributed by atoms with Crippen LogP contribution in [0.5, 0.6) is 0 Å². The lowest BCUT2D eigenvalue weighted by Gasteiger charge is -2.12. The number of rotatable bonds is 7. The summed E-state index contributed by atoms with van der Waals surface area (Å²) in [6.45, 7) is 0. The Labute approximate surface area is 139 Å². The van der Waals surface area contributed by atoms with Crippen molar-refractivity contribution in [1.82, 2.24) is 10.0 Å². The second kappa shape index (κ2) is 7.97. The van der Waals surface area contributed by atoms with E-state index in [1.165, 1.54) is 21.6 Å². The molecule has 0 bridgehead atoms. The summed E-state index contributed by atoms with van der Waals surface area (Å²) >= 11 is 0. The number of nitrogens with zero attached hydrogens (tertiary/aromatic N) is 2. The highest BCUT2D eigenvalue weighted by molar-refractivity contribution is 8.76. The van der Waals surface area contributed by atoms with Crippen LogP contribution in [0.25, 0.3) is 0 Å². The van der Waals surface area contributed by atoms with Gasteiger partial charge in [0.1, 0.15) is 10.9 Å². The van der Waals surface area contributed by atoms with Gasteiger partial charge in [-0.1, -0.05) is 16.9 Å². The van der Waals surface area contributed by atoms with Crippen LogP contribution in [-0.4, -0.2) is 39.5 Å². The highest BCUT2D eigenvalue weighted by Crippen LogP contribution is 2.29. The average Bonchev–Trinajstić information content (AvgIpc) is 2.81. The SMILES string of the molecule is NC(=O)C1CC(=O)N(OC(=O)CCSSc2ccccn2)C1=O. The summed E-state index contributed by atoms with van der Waals surface area (Å²) in [7, 11) is 2.79. The van der Waals surface area contributed by atoms with E-state index in [-0.39, 0.29) is 12.8 Å². The van der Waals surface area contributed by atoms with Crippen LogP contribution in [0, 0.1) is 5.92 Å². The van der Waals surface area contributed by atoms with Gasteiger partial charge in [-0.15, -0.1) is 5.06 Å². The average molecular weight is 355 g/mol. The molecule has 1 aromatic rings. The molecule has 122 valence electrons. The van der Waals surface area contributed by atoms with Crippen LogP contribution >= 0.6 is 21.6 Å². The maximum Gasteiger partial charge on any atom is 0.334 e. The molecule has 2 rings (SSSR count). The lowest BCUT2D eigenvalue weighted by Crippen LogP contribution is -2.36. The molecule has 3 amide bonds. The zero-order valence-electron chi connectivity index (χ0n) is 11.8. The highest BCUT2D eigenvalue weighted by atomic mass is 33.1. The standard InChI is InChI=1S/C13H13N3O5S2/c14-12(19)8-7-10(17)16(13(8)20)21-11(18)4-6-22-23-9-3-1-2-5-15-9/h1-3,5,8H,4,6-7H2,(H2,14,19). The molecule has 0 saturated carbocycles. The van der Waals surface area contributed by atoms with Crippen molar-refractivity contribution in [2.45, 2.75) is 17.9 Å². The van der Waals surface area contributed by atoms with E-state index < -0.39 is 29.6 Å². The zero-order chi connectivity index (χ0) is 16.8. The van der Waals surface area contributed by atoms with Crippen LogP contribution in [-0.2, 0) is 24.0 Å². The second-order valence-electron chi connectivity index (χ2n) is 4.47. The van der Waals surface area contributed by atoms with Gasteiger partial charge >= 0.3 is 5.97 Å². The number of nitrogens with two attached hydrogens (primary N) is 1. The van der Waals surface area contributed by atoms with E-state index in [0.717, 1.165) is 5.03 Å². The Hall–Kier alpha value is -2.07. The quantitative estimate of drug-likeness (QED) is 0.325. The first-order valence-corrected chi connectivity index (χ1v) is 8.88. The Bertz CT molecular complexity index is 625. The van der Waals surface area contributed by atoms with Gasteiger partial charge in [0, 0.05) is 11.9 Å². The van der Waals surface area contributed by atoms with Gasteiger partial charge in [-0.3, -0.25) is 14.4 Å². The molecule has 1 unspecified atom stereocenters. The van der Waals surface area contributed by atoms with Crippen LogP contribution in [0.1, 0.15) is 12.8 Å². The molecule has 10 heteroatoms. The molecule has 1 atom stereocenters. The first-order chi connectivity index (χ1) is 11.0. The smallest absolute Gasteiger partial charge is 0.334 e. The third-order valence-electron chi connectivity index (χ3n) is 2.81. The van der Waals surface area contributed by atoms with Gasteiger partial charge in [0.25, 0.3) is 11.8 Å². The molecule has 2 N–H and O–H groups in total.